The van der Waals surface area contributed by atoms with Crippen molar-refractivity contribution in [3.63, 3.8) is 0 Å². The molecule has 1 aliphatic rings. The number of fused-ring (bicyclic) bond motifs is 1. The third kappa shape index (κ3) is 0.907. The molecule has 0 unspecified atom stereocenters. The van der Waals surface area contributed by atoms with Crippen LogP contribution in [0.4, 0.5) is 0 Å². The molecule has 0 saturated heterocycles. The highest BCUT2D eigenvalue weighted by atomic mass is 79.9. The van der Waals surface area contributed by atoms with E-state index < -0.39 is 0 Å². The summed E-state index contributed by atoms with van der Waals surface area (Å²) in [4.78, 5) is 0. The summed E-state index contributed by atoms with van der Waals surface area (Å²) in [6.45, 7) is 0. The lowest BCUT2D eigenvalue weighted by atomic mass is 10.3. The van der Waals surface area contributed by atoms with Gasteiger partial charge in [-0.2, -0.15) is 0 Å². The lowest BCUT2D eigenvalue weighted by molar-refractivity contribution is 1.51. The van der Waals surface area contributed by atoms with Crippen LogP contribution in [0.1, 0.15) is 0 Å². The van der Waals surface area contributed by atoms with E-state index in [1.54, 1.807) is 0 Å². The fourth-order valence-corrected chi connectivity index (χ4v) is 1.48. The molecule has 0 N–H and O–H groups in total. The maximum Gasteiger partial charge on any atom is 0.0181 e. The number of hydrogen-bond donors (Lipinski definition) is 0. The van der Waals surface area contributed by atoms with Crippen LogP contribution in [0.3, 0.4) is 0 Å². The first-order valence-electron chi connectivity index (χ1n) is 3.17. The monoisotopic (exact) mass is 193 g/mol. The second kappa shape index (κ2) is 2.24. The topological polar surface area (TPSA) is 0 Å². The smallest absolute Gasteiger partial charge is 0.0181 e. The van der Waals surface area contributed by atoms with E-state index >= 15 is 0 Å². The van der Waals surface area contributed by atoms with Crippen molar-refractivity contribution >= 4 is 28.1 Å². The van der Waals surface area contributed by atoms with E-state index in [1.165, 1.54) is 10.4 Å². The van der Waals surface area contributed by atoms with Gasteiger partial charge in [0.05, 0.1) is 0 Å². The fourth-order valence-electron chi connectivity index (χ4n) is 1.10. The predicted molar refractivity (Wildman–Crippen MR) is 46.6 cm³/mol. The highest BCUT2D eigenvalue weighted by Gasteiger charge is 1.92. The van der Waals surface area contributed by atoms with Gasteiger partial charge in [0.15, 0.2) is 0 Å². The van der Waals surface area contributed by atoms with Gasteiger partial charge in [0, 0.05) is 10.9 Å². The molecule has 0 aliphatic heterocycles. The van der Waals surface area contributed by atoms with Crippen LogP contribution in [-0.2, 0) is 0 Å². The van der Waals surface area contributed by atoms with Crippen LogP contribution in [0, 0.1) is 6.42 Å². The van der Waals surface area contributed by atoms with Crippen LogP contribution in [0.5, 0.6) is 0 Å². The lowest BCUT2D eigenvalue weighted by Gasteiger charge is -1.86. The van der Waals surface area contributed by atoms with Gasteiger partial charge in [0.2, 0.25) is 0 Å². The third-order valence-corrected chi connectivity index (χ3v) is 2.09. The van der Waals surface area contributed by atoms with Gasteiger partial charge in [0.25, 0.3) is 0 Å². The summed E-state index contributed by atoms with van der Waals surface area (Å²) >= 11 is 3.42. The van der Waals surface area contributed by atoms with Gasteiger partial charge in [0.1, 0.15) is 0 Å². The average molecular weight is 194 g/mol. The Balaban J connectivity index is 2.88. The molecule has 0 atom stereocenters. The van der Waals surface area contributed by atoms with Crippen LogP contribution >= 0.6 is 15.9 Å². The number of rotatable bonds is 0. The zero-order chi connectivity index (χ0) is 6.97. The minimum atomic E-state index is 1.14. The zero-order valence-electron chi connectivity index (χ0n) is 5.34. The molecule has 2 rings (SSSR count). The zero-order valence-corrected chi connectivity index (χ0v) is 6.93. The molecule has 1 heteroatoms. The molecule has 10 heavy (non-hydrogen) atoms. The summed E-state index contributed by atoms with van der Waals surface area (Å²) in [6, 6.07) is 6.29. The maximum absolute atomic E-state index is 3.42. The first-order valence-corrected chi connectivity index (χ1v) is 3.96. The van der Waals surface area contributed by atoms with E-state index in [-0.39, 0.29) is 0 Å². The summed E-state index contributed by atoms with van der Waals surface area (Å²) in [7, 11) is 0. The second-order valence-electron chi connectivity index (χ2n) is 2.30. The Morgan fingerprint density at radius 1 is 1.00 bits per heavy atom. The SMILES string of the molecule is Brc1ccc2c(c1)=C[CH]C=2. The second-order valence-corrected chi connectivity index (χ2v) is 3.21. The molecule has 1 aromatic rings. The lowest BCUT2D eigenvalue weighted by Crippen LogP contribution is -2.19. The van der Waals surface area contributed by atoms with Crippen molar-refractivity contribution in [2.75, 3.05) is 0 Å². The van der Waals surface area contributed by atoms with Crippen molar-refractivity contribution in [1.82, 2.24) is 0 Å². The minimum Gasteiger partial charge on any atom is -0.0688 e. The van der Waals surface area contributed by atoms with Gasteiger partial charge in [-0.3, -0.25) is 0 Å². The normalized spacial score (nSPS) is 13.7. The number of benzene rings is 1. The van der Waals surface area contributed by atoms with Gasteiger partial charge in [-0.05, 0) is 22.6 Å². The molecule has 0 heterocycles. The van der Waals surface area contributed by atoms with Crippen LogP contribution in [0.2, 0.25) is 0 Å². The quantitative estimate of drug-likeness (QED) is 0.582. The van der Waals surface area contributed by atoms with Crippen LogP contribution in [0.25, 0.3) is 12.2 Å². The largest absolute Gasteiger partial charge is 0.0688 e. The molecular formula is C9H6Br. The van der Waals surface area contributed by atoms with Crippen LogP contribution < -0.4 is 10.4 Å². The summed E-state index contributed by atoms with van der Waals surface area (Å²) in [6.07, 6.45) is 6.29. The van der Waals surface area contributed by atoms with Crippen molar-refractivity contribution in [1.29, 1.82) is 0 Å². The highest BCUT2D eigenvalue weighted by molar-refractivity contribution is 9.10. The summed E-state index contributed by atoms with van der Waals surface area (Å²) < 4.78 is 1.14. The van der Waals surface area contributed by atoms with Crippen molar-refractivity contribution in [2.45, 2.75) is 0 Å². The van der Waals surface area contributed by atoms with E-state index in [9.17, 15) is 0 Å². The van der Waals surface area contributed by atoms with E-state index in [4.69, 9.17) is 0 Å². The Bertz CT molecular complexity index is 363. The predicted octanol–water partition coefficient (Wildman–Crippen LogP) is 1.23. The van der Waals surface area contributed by atoms with Gasteiger partial charge >= 0.3 is 0 Å². The van der Waals surface area contributed by atoms with Crippen LogP contribution in [-0.4, -0.2) is 0 Å². The summed E-state index contributed by atoms with van der Waals surface area (Å²) in [5, 5.41) is 2.61. The Hall–Kier alpha value is -0.560. The van der Waals surface area contributed by atoms with E-state index in [1.807, 2.05) is 0 Å². The molecule has 0 spiro atoms. The first kappa shape index (κ1) is 6.17. The Kier molecular flexibility index (Phi) is 1.38. The van der Waals surface area contributed by atoms with Crippen LogP contribution in [0.15, 0.2) is 22.7 Å². The standard InChI is InChI=1S/C9H6Br/c10-9-5-4-7-2-1-3-8(7)6-9/h1-6H. The molecule has 1 aromatic carbocycles. The molecule has 1 radical (unpaired) electrons. The first-order chi connectivity index (χ1) is 4.86. The van der Waals surface area contributed by atoms with Crippen molar-refractivity contribution in [3.05, 3.63) is 39.5 Å². The fraction of sp³-hybridized carbons (Fsp3) is 0. The van der Waals surface area contributed by atoms with Gasteiger partial charge in [-0.25, -0.2) is 0 Å². The molecule has 0 bridgehead atoms. The average Bonchev–Trinajstić information content (AvgIpc) is 2.33. The van der Waals surface area contributed by atoms with Crippen molar-refractivity contribution < 1.29 is 0 Å². The van der Waals surface area contributed by atoms with Crippen molar-refractivity contribution in [3.8, 4) is 0 Å². The van der Waals surface area contributed by atoms with Gasteiger partial charge < -0.3 is 0 Å². The molecule has 0 saturated carbocycles. The Morgan fingerprint density at radius 2 is 1.80 bits per heavy atom. The van der Waals surface area contributed by atoms with E-state index in [2.05, 4.69) is 52.7 Å². The highest BCUT2D eigenvalue weighted by Crippen LogP contribution is 2.02. The summed E-state index contributed by atoms with van der Waals surface area (Å²) in [5.41, 5.74) is 0. The molecule has 0 aromatic heterocycles. The third-order valence-electron chi connectivity index (χ3n) is 1.60. The minimum absolute atomic E-state index is 1.14. The Morgan fingerprint density at radius 3 is 2.70 bits per heavy atom. The van der Waals surface area contributed by atoms with E-state index in [0.717, 1.165) is 4.47 Å². The summed E-state index contributed by atoms with van der Waals surface area (Å²) in [5.74, 6) is 0. The molecular weight excluding hydrogens is 188 g/mol. The molecule has 49 valence electrons. The Labute approximate surface area is 68.0 Å². The van der Waals surface area contributed by atoms with Crippen molar-refractivity contribution in [2.24, 2.45) is 0 Å². The molecule has 1 aliphatic carbocycles. The molecule has 0 nitrogen and oxygen atoms in total. The van der Waals surface area contributed by atoms with Gasteiger partial charge in [-0.1, -0.05) is 34.1 Å². The molecule has 0 amide bonds. The number of halogens is 1. The number of hydrogen-bond acceptors (Lipinski definition) is 0. The molecule has 0 fully saturated rings. The maximum atomic E-state index is 3.42. The van der Waals surface area contributed by atoms with E-state index in [0.29, 0.717) is 0 Å². The van der Waals surface area contributed by atoms with Gasteiger partial charge in [-0.15, -0.1) is 0 Å².